The van der Waals surface area contributed by atoms with E-state index in [0.717, 1.165) is 29.7 Å². The van der Waals surface area contributed by atoms with Crippen LogP contribution in [-0.4, -0.2) is 22.6 Å². The Morgan fingerprint density at radius 2 is 2.27 bits per heavy atom. The Kier molecular flexibility index (Phi) is 3.66. The van der Waals surface area contributed by atoms with Gasteiger partial charge in [-0.15, -0.1) is 0 Å². The van der Waals surface area contributed by atoms with Gasteiger partial charge < -0.3 is 14.6 Å². The number of carbonyl (C=O) groups is 1. The van der Waals surface area contributed by atoms with E-state index in [0.29, 0.717) is 0 Å². The maximum Gasteiger partial charge on any atom is 0.293 e. The molecule has 22 heavy (non-hydrogen) atoms. The van der Waals surface area contributed by atoms with Crippen molar-refractivity contribution in [1.82, 2.24) is 9.55 Å². The number of methoxy groups -OCH3 is 1. The second-order valence-corrected chi connectivity index (χ2v) is 5.34. The van der Waals surface area contributed by atoms with Gasteiger partial charge in [-0.1, -0.05) is 6.07 Å². The van der Waals surface area contributed by atoms with Gasteiger partial charge in [0.15, 0.2) is 5.82 Å². The summed E-state index contributed by atoms with van der Waals surface area (Å²) in [6, 6.07) is 5.78. The molecule has 1 aromatic heterocycles. The molecule has 1 heterocycles. The molecule has 1 amide bonds. The third-order valence-corrected chi connectivity index (χ3v) is 4.01. The zero-order valence-corrected chi connectivity index (χ0v) is 12.5. The normalized spacial score (nSPS) is 16.2. The van der Waals surface area contributed by atoms with Gasteiger partial charge in [-0.05, 0) is 36.1 Å². The standard InChI is InChI=1S/C16H17N3O3/c1-19-8-7-17-14(16(19)21)18-15(20)12-6-4-10-3-5-11(22-2)9-13(10)12/h3,5,7-9,12H,4,6H2,1-2H3,(H,17,18,20). The van der Waals surface area contributed by atoms with E-state index in [1.54, 1.807) is 20.4 Å². The molecule has 0 bridgehead atoms. The summed E-state index contributed by atoms with van der Waals surface area (Å²) in [4.78, 5) is 28.4. The molecule has 0 fully saturated rings. The summed E-state index contributed by atoms with van der Waals surface area (Å²) in [5.74, 6) is 0.304. The number of nitrogens with zero attached hydrogens (tertiary/aromatic N) is 2. The van der Waals surface area contributed by atoms with Crippen LogP contribution in [0.4, 0.5) is 5.82 Å². The van der Waals surface area contributed by atoms with Crippen LogP contribution in [0.5, 0.6) is 5.75 Å². The molecular formula is C16H17N3O3. The fourth-order valence-electron chi connectivity index (χ4n) is 2.77. The van der Waals surface area contributed by atoms with Crippen molar-refractivity contribution >= 4 is 11.7 Å². The van der Waals surface area contributed by atoms with Gasteiger partial charge in [0, 0.05) is 19.4 Å². The Morgan fingerprint density at radius 1 is 1.45 bits per heavy atom. The van der Waals surface area contributed by atoms with Crippen LogP contribution in [-0.2, 0) is 18.3 Å². The van der Waals surface area contributed by atoms with Crippen molar-refractivity contribution in [2.75, 3.05) is 12.4 Å². The molecule has 0 saturated carbocycles. The molecular weight excluding hydrogens is 282 g/mol. The third-order valence-electron chi connectivity index (χ3n) is 4.01. The van der Waals surface area contributed by atoms with Crippen molar-refractivity contribution in [2.45, 2.75) is 18.8 Å². The minimum Gasteiger partial charge on any atom is -0.497 e. The van der Waals surface area contributed by atoms with Crippen LogP contribution < -0.4 is 15.6 Å². The molecule has 1 unspecified atom stereocenters. The van der Waals surface area contributed by atoms with E-state index in [-0.39, 0.29) is 23.2 Å². The SMILES string of the molecule is COc1ccc2c(c1)C(C(=O)Nc1nccn(C)c1=O)CC2. The van der Waals surface area contributed by atoms with Gasteiger partial charge >= 0.3 is 0 Å². The monoisotopic (exact) mass is 299 g/mol. The minimum absolute atomic E-state index is 0.0614. The lowest BCUT2D eigenvalue weighted by molar-refractivity contribution is -0.117. The lowest BCUT2D eigenvalue weighted by Crippen LogP contribution is -2.27. The van der Waals surface area contributed by atoms with Crippen LogP contribution >= 0.6 is 0 Å². The van der Waals surface area contributed by atoms with Crippen molar-refractivity contribution in [1.29, 1.82) is 0 Å². The molecule has 114 valence electrons. The van der Waals surface area contributed by atoms with Gasteiger partial charge in [0.25, 0.3) is 5.56 Å². The van der Waals surface area contributed by atoms with Crippen molar-refractivity contribution in [3.8, 4) is 5.75 Å². The first-order chi connectivity index (χ1) is 10.6. The van der Waals surface area contributed by atoms with Crippen molar-refractivity contribution < 1.29 is 9.53 Å². The van der Waals surface area contributed by atoms with E-state index in [9.17, 15) is 9.59 Å². The van der Waals surface area contributed by atoms with Crippen LogP contribution in [0.3, 0.4) is 0 Å². The highest BCUT2D eigenvalue weighted by molar-refractivity contribution is 5.95. The highest BCUT2D eigenvalue weighted by Gasteiger charge is 2.29. The van der Waals surface area contributed by atoms with Crippen LogP contribution in [0.2, 0.25) is 0 Å². The van der Waals surface area contributed by atoms with Gasteiger partial charge in [-0.25, -0.2) is 4.98 Å². The summed E-state index contributed by atoms with van der Waals surface area (Å²) < 4.78 is 6.61. The Labute approximate surface area is 127 Å². The first-order valence-electron chi connectivity index (χ1n) is 7.09. The number of aryl methyl sites for hydroxylation is 2. The first kappa shape index (κ1) is 14.3. The number of nitrogens with one attached hydrogen (secondary N) is 1. The molecule has 6 nitrogen and oxygen atoms in total. The number of hydrogen-bond acceptors (Lipinski definition) is 4. The number of rotatable bonds is 3. The maximum absolute atomic E-state index is 12.5. The van der Waals surface area contributed by atoms with Gasteiger partial charge in [-0.2, -0.15) is 0 Å². The molecule has 2 aromatic rings. The smallest absolute Gasteiger partial charge is 0.293 e. The van der Waals surface area contributed by atoms with Gasteiger partial charge in [-0.3, -0.25) is 9.59 Å². The fraction of sp³-hybridized carbons (Fsp3) is 0.312. The fourth-order valence-corrected chi connectivity index (χ4v) is 2.77. The number of benzene rings is 1. The molecule has 3 rings (SSSR count). The zero-order valence-electron chi connectivity index (χ0n) is 12.5. The quantitative estimate of drug-likeness (QED) is 0.931. The lowest BCUT2D eigenvalue weighted by atomic mass is 10.0. The van der Waals surface area contributed by atoms with Crippen LogP contribution in [0, 0.1) is 0 Å². The average Bonchev–Trinajstić information content (AvgIpc) is 2.94. The molecule has 0 radical (unpaired) electrons. The zero-order chi connectivity index (χ0) is 15.7. The Morgan fingerprint density at radius 3 is 3.05 bits per heavy atom. The van der Waals surface area contributed by atoms with E-state index in [4.69, 9.17) is 4.74 Å². The number of fused-ring (bicyclic) bond motifs is 1. The second-order valence-electron chi connectivity index (χ2n) is 5.34. The number of hydrogen-bond donors (Lipinski definition) is 1. The van der Waals surface area contributed by atoms with E-state index in [1.807, 2.05) is 18.2 Å². The molecule has 1 atom stereocenters. The summed E-state index contributed by atoms with van der Waals surface area (Å²) in [7, 11) is 3.22. The first-order valence-corrected chi connectivity index (χ1v) is 7.09. The molecule has 0 saturated heterocycles. The van der Waals surface area contributed by atoms with Crippen molar-refractivity contribution in [2.24, 2.45) is 7.05 Å². The average molecular weight is 299 g/mol. The number of aromatic nitrogens is 2. The maximum atomic E-state index is 12.5. The van der Waals surface area contributed by atoms with E-state index in [1.165, 1.54) is 10.8 Å². The van der Waals surface area contributed by atoms with Crippen LogP contribution in [0.15, 0.2) is 35.4 Å². The minimum atomic E-state index is -0.320. The summed E-state index contributed by atoms with van der Waals surface area (Å²) in [5.41, 5.74) is 1.79. The molecule has 6 heteroatoms. The number of amides is 1. The summed E-state index contributed by atoms with van der Waals surface area (Å²) >= 11 is 0. The number of carbonyl (C=O) groups excluding carboxylic acids is 1. The predicted octanol–water partition coefficient (Wildman–Crippen LogP) is 1.46. The predicted molar refractivity (Wildman–Crippen MR) is 82.2 cm³/mol. The van der Waals surface area contributed by atoms with E-state index < -0.39 is 0 Å². The molecule has 1 aromatic carbocycles. The Hall–Kier alpha value is -2.63. The Balaban J connectivity index is 1.86. The number of ether oxygens (including phenoxy) is 1. The highest BCUT2D eigenvalue weighted by Crippen LogP contribution is 2.35. The van der Waals surface area contributed by atoms with Gasteiger partial charge in [0.2, 0.25) is 5.91 Å². The summed E-state index contributed by atoms with van der Waals surface area (Å²) in [6.45, 7) is 0. The molecule has 1 N–H and O–H groups in total. The van der Waals surface area contributed by atoms with E-state index in [2.05, 4.69) is 10.3 Å². The highest BCUT2D eigenvalue weighted by atomic mass is 16.5. The van der Waals surface area contributed by atoms with Gasteiger partial charge in [0.05, 0.1) is 13.0 Å². The summed E-state index contributed by atoms with van der Waals surface area (Å²) in [5, 5.41) is 2.65. The molecule has 0 spiro atoms. The summed E-state index contributed by atoms with van der Waals surface area (Å²) in [6.07, 6.45) is 4.61. The van der Waals surface area contributed by atoms with Gasteiger partial charge in [0.1, 0.15) is 5.75 Å². The second kappa shape index (κ2) is 5.63. The Bertz CT molecular complexity index is 782. The number of anilines is 1. The van der Waals surface area contributed by atoms with Crippen LogP contribution in [0.25, 0.3) is 0 Å². The third kappa shape index (κ3) is 2.47. The lowest BCUT2D eigenvalue weighted by Gasteiger charge is -2.12. The van der Waals surface area contributed by atoms with Crippen LogP contribution in [0.1, 0.15) is 23.5 Å². The van der Waals surface area contributed by atoms with Crippen molar-refractivity contribution in [3.63, 3.8) is 0 Å². The van der Waals surface area contributed by atoms with Crippen molar-refractivity contribution in [3.05, 3.63) is 52.1 Å². The largest absolute Gasteiger partial charge is 0.497 e. The topological polar surface area (TPSA) is 73.2 Å². The van der Waals surface area contributed by atoms with E-state index >= 15 is 0 Å². The molecule has 0 aliphatic heterocycles. The molecule has 1 aliphatic carbocycles. The molecule has 1 aliphatic rings.